The molecule has 1 aliphatic heterocycles. The minimum atomic E-state index is -0.945. The van der Waals surface area contributed by atoms with Crippen LogP contribution >= 0.6 is 0 Å². The molecule has 3 N–H and O–H groups in total. The number of hydrogen-bond acceptors (Lipinski definition) is 4. The van der Waals surface area contributed by atoms with Crippen molar-refractivity contribution >= 4 is 12.0 Å². The number of urea groups is 1. The number of aliphatic hydroxyl groups is 1. The van der Waals surface area contributed by atoms with Crippen LogP contribution in [0.2, 0.25) is 0 Å². The van der Waals surface area contributed by atoms with Gasteiger partial charge < -0.3 is 25.2 Å². The summed E-state index contributed by atoms with van der Waals surface area (Å²) in [4.78, 5) is 24.4. The lowest BCUT2D eigenvalue weighted by Gasteiger charge is -2.36. The molecular weight excluding hydrogens is 252 g/mol. The van der Waals surface area contributed by atoms with E-state index >= 15 is 0 Å². The van der Waals surface area contributed by atoms with Gasteiger partial charge in [0.2, 0.25) is 0 Å². The Morgan fingerprint density at radius 1 is 1.47 bits per heavy atom. The van der Waals surface area contributed by atoms with Crippen molar-refractivity contribution in [2.24, 2.45) is 5.92 Å². The number of nitrogens with one attached hydrogen (secondary N) is 1. The van der Waals surface area contributed by atoms with Gasteiger partial charge >= 0.3 is 12.0 Å². The summed E-state index contributed by atoms with van der Waals surface area (Å²) in [6, 6.07) is -1.14. The standard InChI is InChI=1S/C12H22N2O5/c1-8(2)10(5-11(16)17)13-12(18)14-3-4-19-7-9(14)6-15/h8-10,15H,3-7H2,1-2H3,(H,13,18)(H,16,17). The SMILES string of the molecule is CC(C)C(CC(=O)O)NC(=O)N1CCOCC1CO. The number of morpholine rings is 1. The van der Waals surface area contributed by atoms with Gasteiger partial charge in [0.15, 0.2) is 0 Å². The van der Waals surface area contributed by atoms with Gasteiger partial charge in [-0.15, -0.1) is 0 Å². The highest BCUT2D eigenvalue weighted by Crippen LogP contribution is 2.10. The van der Waals surface area contributed by atoms with Gasteiger partial charge in [0.25, 0.3) is 0 Å². The number of rotatable bonds is 5. The molecule has 0 radical (unpaired) electrons. The first-order valence-electron chi connectivity index (χ1n) is 6.43. The number of carbonyl (C=O) groups is 2. The normalized spacial score (nSPS) is 21.3. The number of amides is 2. The van der Waals surface area contributed by atoms with E-state index in [9.17, 15) is 14.7 Å². The molecule has 0 bridgehead atoms. The smallest absolute Gasteiger partial charge is 0.318 e. The maximum absolute atomic E-state index is 12.1. The predicted octanol–water partition coefficient (Wildman–Crippen LogP) is -0.112. The molecule has 0 spiro atoms. The molecule has 2 amide bonds. The van der Waals surface area contributed by atoms with Crippen molar-refractivity contribution in [1.82, 2.24) is 10.2 Å². The maximum Gasteiger partial charge on any atom is 0.318 e. The van der Waals surface area contributed by atoms with Crippen molar-refractivity contribution in [2.75, 3.05) is 26.4 Å². The van der Waals surface area contributed by atoms with E-state index in [0.717, 1.165) is 0 Å². The molecule has 1 saturated heterocycles. The third-order valence-corrected chi connectivity index (χ3v) is 3.21. The van der Waals surface area contributed by atoms with Crippen LogP contribution < -0.4 is 5.32 Å². The minimum Gasteiger partial charge on any atom is -0.481 e. The lowest BCUT2D eigenvalue weighted by molar-refractivity contribution is -0.137. The number of hydrogen-bond donors (Lipinski definition) is 3. The Labute approximate surface area is 112 Å². The van der Waals surface area contributed by atoms with E-state index in [1.807, 2.05) is 13.8 Å². The molecule has 1 fully saturated rings. The summed E-state index contributed by atoms with van der Waals surface area (Å²) < 4.78 is 5.19. The average Bonchev–Trinajstić information content (AvgIpc) is 2.37. The predicted molar refractivity (Wildman–Crippen MR) is 67.8 cm³/mol. The summed E-state index contributed by atoms with van der Waals surface area (Å²) in [7, 11) is 0. The summed E-state index contributed by atoms with van der Waals surface area (Å²) in [5.41, 5.74) is 0. The molecule has 1 aliphatic rings. The highest BCUT2D eigenvalue weighted by atomic mass is 16.5. The van der Waals surface area contributed by atoms with Gasteiger partial charge in [-0.25, -0.2) is 4.79 Å². The molecule has 0 aromatic carbocycles. The van der Waals surface area contributed by atoms with Gasteiger partial charge in [0.05, 0.1) is 32.3 Å². The van der Waals surface area contributed by atoms with Crippen LogP contribution in [-0.2, 0) is 9.53 Å². The molecule has 1 heterocycles. The van der Waals surface area contributed by atoms with E-state index in [0.29, 0.717) is 19.8 Å². The average molecular weight is 274 g/mol. The van der Waals surface area contributed by atoms with E-state index in [4.69, 9.17) is 9.84 Å². The van der Waals surface area contributed by atoms with E-state index in [1.165, 1.54) is 4.90 Å². The first kappa shape index (κ1) is 15.7. The van der Waals surface area contributed by atoms with Crippen molar-refractivity contribution in [3.63, 3.8) is 0 Å². The molecule has 2 atom stereocenters. The first-order valence-corrected chi connectivity index (χ1v) is 6.43. The first-order chi connectivity index (χ1) is 8.95. The third-order valence-electron chi connectivity index (χ3n) is 3.21. The molecule has 110 valence electrons. The van der Waals surface area contributed by atoms with Crippen molar-refractivity contribution < 1.29 is 24.5 Å². The highest BCUT2D eigenvalue weighted by molar-refractivity contribution is 5.76. The third kappa shape index (κ3) is 4.68. The fourth-order valence-electron chi connectivity index (χ4n) is 1.96. The molecule has 7 heteroatoms. The Hall–Kier alpha value is -1.34. The molecule has 0 aromatic rings. The molecule has 0 aromatic heterocycles. The maximum atomic E-state index is 12.1. The van der Waals surface area contributed by atoms with E-state index in [1.54, 1.807) is 0 Å². The second-order valence-corrected chi connectivity index (χ2v) is 5.00. The number of aliphatic carboxylic acids is 1. The Bertz CT molecular complexity index is 321. The molecule has 1 rings (SSSR count). The number of aliphatic hydroxyl groups excluding tert-OH is 1. The largest absolute Gasteiger partial charge is 0.481 e. The van der Waals surface area contributed by atoms with Crippen LogP contribution in [-0.4, -0.2) is 65.6 Å². The lowest BCUT2D eigenvalue weighted by atomic mass is 10.0. The Balaban J connectivity index is 2.61. The molecular formula is C12H22N2O5. The fraction of sp³-hybridized carbons (Fsp3) is 0.833. The van der Waals surface area contributed by atoms with Crippen molar-refractivity contribution in [2.45, 2.75) is 32.4 Å². The zero-order chi connectivity index (χ0) is 14.4. The highest BCUT2D eigenvalue weighted by Gasteiger charge is 2.29. The van der Waals surface area contributed by atoms with Gasteiger partial charge in [0, 0.05) is 12.6 Å². The van der Waals surface area contributed by atoms with Crippen LogP contribution in [0.15, 0.2) is 0 Å². The summed E-state index contributed by atoms with van der Waals surface area (Å²) in [5.74, 6) is -0.923. The fourth-order valence-corrected chi connectivity index (χ4v) is 1.96. The summed E-state index contributed by atoms with van der Waals surface area (Å²) in [5, 5.41) is 20.8. The van der Waals surface area contributed by atoms with E-state index in [-0.39, 0.29) is 31.0 Å². The van der Waals surface area contributed by atoms with Gasteiger partial charge in [-0.1, -0.05) is 13.8 Å². The van der Waals surface area contributed by atoms with Crippen molar-refractivity contribution in [3.8, 4) is 0 Å². The lowest BCUT2D eigenvalue weighted by Crippen LogP contribution is -2.56. The van der Waals surface area contributed by atoms with Crippen LogP contribution in [0.5, 0.6) is 0 Å². The summed E-state index contributed by atoms with van der Waals surface area (Å²) in [6.45, 7) is 4.67. The van der Waals surface area contributed by atoms with E-state index < -0.39 is 12.0 Å². The number of nitrogens with zero attached hydrogens (tertiary/aromatic N) is 1. The zero-order valence-electron chi connectivity index (χ0n) is 11.3. The van der Waals surface area contributed by atoms with E-state index in [2.05, 4.69) is 5.32 Å². The number of carboxylic acid groups (broad SMARTS) is 1. The molecule has 7 nitrogen and oxygen atoms in total. The Morgan fingerprint density at radius 3 is 2.68 bits per heavy atom. The van der Waals surface area contributed by atoms with Crippen molar-refractivity contribution in [1.29, 1.82) is 0 Å². The number of carboxylic acids is 1. The van der Waals surface area contributed by atoms with Crippen LogP contribution in [0, 0.1) is 5.92 Å². The van der Waals surface area contributed by atoms with Crippen LogP contribution in [0.3, 0.4) is 0 Å². The second-order valence-electron chi connectivity index (χ2n) is 5.00. The molecule has 2 unspecified atom stereocenters. The van der Waals surface area contributed by atoms with Crippen molar-refractivity contribution in [3.05, 3.63) is 0 Å². The summed E-state index contributed by atoms with van der Waals surface area (Å²) in [6.07, 6.45) is -0.114. The Kier molecular flexibility index (Phi) is 6.04. The zero-order valence-corrected chi connectivity index (χ0v) is 11.3. The molecule has 19 heavy (non-hydrogen) atoms. The summed E-state index contributed by atoms with van der Waals surface area (Å²) >= 11 is 0. The van der Waals surface area contributed by atoms with Crippen LogP contribution in [0.25, 0.3) is 0 Å². The number of carbonyl (C=O) groups excluding carboxylic acids is 1. The second kappa shape index (κ2) is 7.30. The monoisotopic (exact) mass is 274 g/mol. The van der Waals surface area contributed by atoms with Gasteiger partial charge in [-0.2, -0.15) is 0 Å². The molecule has 0 aliphatic carbocycles. The van der Waals surface area contributed by atoms with Crippen LogP contribution in [0.4, 0.5) is 4.79 Å². The van der Waals surface area contributed by atoms with Gasteiger partial charge in [-0.3, -0.25) is 4.79 Å². The topological polar surface area (TPSA) is 99.1 Å². The minimum absolute atomic E-state index is 0.0219. The van der Waals surface area contributed by atoms with Gasteiger partial charge in [-0.05, 0) is 5.92 Å². The van der Waals surface area contributed by atoms with Gasteiger partial charge in [0.1, 0.15) is 0 Å². The Morgan fingerprint density at radius 2 is 2.16 bits per heavy atom. The molecule has 0 saturated carbocycles. The number of ether oxygens (including phenoxy) is 1. The van der Waals surface area contributed by atoms with Crippen LogP contribution in [0.1, 0.15) is 20.3 Å². The quantitative estimate of drug-likeness (QED) is 0.649.